The standard InChI is InChI=1S/C28H31N5O3/c1-27(2,36)10-9-17-7-8-23-22(15-29-33(23)16-17)25(34)30-19-13-28(14-19)11-18(12-28)24-20-5-3-4-6-21(20)26(35)32-31-24/h3-8,15-16,18-19,36H,9-14H2,1-2H3,(H,30,34)(H,32,35)/t18-,19-,28?. The van der Waals surface area contributed by atoms with Crippen molar-refractivity contribution in [1.29, 1.82) is 0 Å². The lowest BCUT2D eigenvalue weighted by Gasteiger charge is -2.57. The molecule has 1 spiro atoms. The monoisotopic (exact) mass is 485 g/mol. The molecule has 1 aromatic carbocycles. The van der Waals surface area contributed by atoms with Crippen LogP contribution in [-0.2, 0) is 6.42 Å². The minimum atomic E-state index is -0.713. The summed E-state index contributed by atoms with van der Waals surface area (Å²) in [6.07, 6.45) is 8.97. The van der Waals surface area contributed by atoms with Gasteiger partial charge in [-0.3, -0.25) is 9.59 Å². The molecule has 6 rings (SSSR count). The van der Waals surface area contributed by atoms with Crippen LogP contribution in [0.5, 0.6) is 0 Å². The molecule has 2 saturated carbocycles. The number of aliphatic hydroxyl groups is 1. The van der Waals surface area contributed by atoms with E-state index in [1.807, 2.05) is 42.6 Å². The molecule has 2 aliphatic carbocycles. The molecule has 0 radical (unpaired) electrons. The van der Waals surface area contributed by atoms with Gasteiger partial charge in [0.2, 0.25) is 0 Å². The molecule has 36 heavy (non-hydrogen) atoms. The molecule has 186 valence electrons. The molecule has 8 heteroatoms. The molecule has 2 fully saturated rings. The summed E-state index contributed by atoms with van der Waals surface area (Å²) in [5.41, 5.74) is 2.83. The number of aryl methyl sites for hydroxylation is 1. The van der Waals surface area contributed by atoms with E-state index in [-0.39, 0.29) is 22.9 Å². The zero-order valence-electron chi connectivity index (χ0n) is 20.6. The van der Waals surface area contributed by atoms with Crippen molar-refractivity contribution in [2.75, 3.05) is 0 Å². The van der Waals surface area contributed by atoms with Crippen LogP contribution in [0.2, 0.25) is 0 Å². The van der Waals surface area contributed by atoms with E-state index in [0.717, 1.165) is 54.3 Å². The van der Waals surface area contributed by atoms with Gasteiger partial charge in [0.1, 0.15) is 0 Å². The van der Waals surface area contributed by atoms with Gasteiger partial charge in [0.15, 0.2) is 0 Å². The molecule has 0 saturated heterocycles. The van der Waals surface area contributed by atoms with Gasteiger partial charge in [-0.05, 0) is 75.5 Å². The number of amides is 1. The van der Waals surface area contributed by atoms with Crippen molar-refractivity contribution < 1.29 is 9.90 Å². The maximum atomic E-state index is 13.0. The fourth-order valence-electron chi connectivity index (χ4n) is 6.11. The van der Waals surface area contributed by atoms with Gasteiger partial charge >= 0.3 is 0 Å². The van der Waals surface area contributed by atoms with Crippen LogP contribution in [-0.4, -0.2) is 42.5 Å². The summed E-state index contributed by atoms with van der Waals surface area (Å²) in [5.74, 6) is 0.256. The lowest BCUT2D eigenvalue weighted by molar-refractivity contribution is -0.0196. The SMILES string of the molecule is CC(C)(O)CCc1ccc2c(C(=O)N[C@H]3CC4(C3)C[C@H](c3n[nH]c(=O)c5ccccc53)C4)cnn2c1. The minimum absolute atomic E-state index is 0.0849. The number of nitrogens with zero attached hydrogens (tertiary/aromatic N) is 3. The number of H-pyrrole nitrogens is 1. The van der Waals surface area contributed by atoms with Crippen molar-refractivity contribution >= 4 is 22.2 Å². The number of carbonyl (C=O) groups is 1. The molecule has 0 bridgehead atoms. The first kappa shape index (κ1) is 22.9. The van der Waals surface area contributed by atoms with E-state index in [1.165, 1.54) is 0 Å². The van der Waals surface area contributed by atoms with Gasteiger partial charge in [-0.25, -0.2) is 9.61 Å². The van der Waals surface area contributed by atoms with Gasteiger partial charge < -0.3 is 10.4 Å². The molecule has 1 amide bonds. The molecule has 2 aliphatic rings. The Balaban J connectivity index is 1.07. The molecule has 0 atom stereocenters. The number of fused-ring (bicyclic) bond motifs is 2. The molecule has 4 aromatic rings. The highest BCUT2D eigenvalue weighted by Crippen LogP contribution is 2.62. The van der Waals surface area contributed by atoms with E-state index in [2.05, 4.69) is 20.6 Å². The van der Waals surface area contributed by atoms with Crippen LogP contribution < -0.4 is 10.9 Å². The van der Waals surface area contributed by atoms with Crippen LogP contribution in [0.15, 0.2) is 53.6 Å². The molecule has 3 aromatic heterocycles. The second-order valence-electron chi connectivity index (χ2n) is 11.4. The van der Waals surface area contributed by atoms with Crippen molar-refractivity contribution in [3.8, 4) is 0 Å². The fraction of sp³-hybridized carbons (Fsp3) is 0.429. The van der Waals surface area contributed by atoms with Gasteiger partial charge in [-0.2, -0.15) is 10.2 Å². The molecule has 3 heterocycles. The zero-order chi connectivity index (χ0) is 25.1. The topological polar surface area (TPSA) is 112 Å². The number of pyridine rings is 1. The Labute approximate surface area is 208 Å². The Morgan fingerprint density at radius 2 is 1.92 bits per heavy atom. The number of carbonyl (C=O) groups excluding carboxylic acids is 1. The lowest BCUT2D eigenvalue weighted by atomic mass is 9.49. The maximum Gasteiger partial charge on any atom is 0.272 e. The summed E-state index contributed by atoms with van der Waals surface area (Å²) < 4.78 is 1.74. The molecule has 0 aliphatic heterocycles. The zero-order valence-corrected chi connectivity index (χ0v) is 20.6. The first-order valence-corrected chi connectivity index (χ1v) is 12.7. The van der Waals surface area contributed by atoms with Crippen LogP contribution in [0.1, 0.15) is 73.5 Å². The smallest absolute Gasteiger partial charge is 0.272 e. The van der Waals surface area contributed by atoms with Crippen LogP contribution in [0.25, 0.3) is 16.3 Å². The molecule has 0 unspecified atom stereocenters. The van der Waals surface area contributed by atoms with E-state index in [4.69, 9.17) is 0 Å². The summed E-state index contributed by atoms with van der Waals surface area (Å²) in [4.78, 5) is 25.1. The number of aromatic nitrogens is 4. The van der Waals surface area contributed by atoms with Gasteiger partial charge in [0, 0.05) is 23.5 Å². The Hall–Kier alpha value is -3.52. The van der Waals surface area contributed by atoms with Gasteiger partial charge in [0.25, 0.3) is 11.5 Å². The molecular formula is C28H31N5O3. The van der Waals surface area contributed by atoms with Gasteiger partial charge in [-0.1, -0.05) is 24.3 Å². The van der Waals surface area contributed by atoms with Crippen LogP contribution >= 0.6 is 0 Å². The third-order valence-corrected chi connectivity index (χ3v) is 8.01. The van der Waals surface area contributed by atoms with Crippen molar-refractivity contribution in [3.63, 3.8) is 0 Å². The summed E-state index contributed by atoms with van der Waals surface area (Å²) in [6, 6.07) is 11.8. The number of rotatable bonds is 6. The predicted molar refractivity (Wildman–Crippen MR) is 137 cm³/mol. The van der Waals surface area contributed by atoms with E-state index in [1.54, 1.807) is 24.6 Å². The summed E-state index contributed by atoms with van der Waals surface area (Å²) in [6.45, 7) is 3.61. The van der Waals surface area contributed by atoms with Crippen LogP contribution in [0, 0.1) is 5.41 Å². The number of aromatic amines is 1. The largest absolute Gasteiger partial charge is 0.390 e. The molecule has 3 N–H and O–H groups in total. The molecule has 8 nitrogen and oxygen atoms in total. The quantitative estimate of drug-likeness (QED) is 0.385. The molecular weight excluding hydrogens is 454 g/mol. The average molecular weight is 486 g/mol. The van der Waals surface area contributed by atoms with E-state index in [0.29, 0.717) is 23.3 Å². The van der Waals surface area contributed by atoms with Crippen molar-refractivity contribution in [2.24, 2.45) is 5.41 Å². The first-order chi connectivity index (χ1) is 17.2. The highest BCUT2D eigenvalue weighted by molar-refractivity contribution is 6.00. The first-order valence-electron chi connectivity index (χ1n) is 12.7. The fourth-order valence-corrected chi connectivity index (χ4v) is 6.11. The normalized spacial score (nSPS) is 23.5. The van der Waals surface area contributed by atoms with Crippen molar-refractivity contribution in [1.82, 2.24) is 25.1 Å². The number of hydrogen-bond donors (Lipinski definition) is 3. The third kappa shape index (κ3) is 4.09. The van der Waals surface area contributed by atoms with Crippen LogP contribution in [0.4, 0.5) is 0 Å². The number of nitrogens with one attached hydrogen (secondary N) is 2. The summed E-state index contributed by atoms with van der Waals surface area (Å²) in [7, 11) is 0. The van der Waals surface area contributed by atoms with Gasteiger partial charge in [0.05, 0.1) is 34.0 Å². The number of benzene rings is 1. The average Bonchev–Trinajstić information content (AvgIpc) is 3.22. The summed E-state index contributed by atoms with van der Waals surface area (Å²) in [5, 5.41) is 26.2. The maximum absolute atomic E-state index is 13.0. The predicted octanol–water partition coefficient (Wildman–Crippen LogP) is 3.73. The number of hydrogen-bond acceptors (Lipinski definition) is 5. The highest BCUT2D eigenvalue weighted by Gasteiger charge is 2.54. The van der Waals surface area contributed by atoms with Crippen molar-refractivity contribution in [3.05, 3.63) is 76.0 Å². The van der Waals surface area contributed by atoms with E-state index >= 15 is 0 Å². The van der Waals surface area contributed by atoms with E-state index < -0.39 is 5.60 Å². The highest BCUT2D eigenvalue weighted by atomic mass is 16.3. The second-order valence-corrected chi connectivity index (χ2v) is 11.4. The second kappa shape index (κ2) is 8.27. The Morgan fingerprint density at radius 3 is 2.67 bits per heavy atom. The van der Waals surface area contributed by atoms with E-state index in [9.17, 15) is 14.7 Å². The third-order valence-electron chi connectivity index (χ3n) is 8.01. The van der Waals surface area contributed by atoms with Crippen LogP contribution in [0.3, 0.4) is 0 Å². The Bertz CT molecular complexity index is 1520. The Kier molecular flexibility index (Phi) is 5.26. The van der Waals surface area contributed by atoms with Gasteiger partial charge in [-0.15, -0.1) is 0 Å². The Morgan fingerprint density at radius 1 is 1.17 bits per heavy atom. The summed E-state index contributed by atoms with van der Waals surface area (Å²) >= 11 is 0. The minimum Gasteiger partial charge on any atom is -0.390 e. The van der Waals surface area contributed by atoms with Crippen molar-refractivity contribution in [2.45, 2.75) is 69.9 Å². The lowest BCUT2D eigenvalue weighted by Crippen LogP contribution is -2.55.